The van der Waals surface area contributed by atoms with Gasteiger partial charge in [0, 0.05) is 11.1 Å². The van der Waals surface area contributed by atoms with Gasteiger partial charge < -0.3 is 14.7 Å². The van der Waals surface area contributed by atoms with E-state index in [4.69, 9.17) is 16.1 Å². The number of hydrogen-bond donors (Lipinski definition) is 2. The van der Waals surface area contributed by atoms with Gasteiger partial charge in [-0.1, -0.05) is 28.9 Å². The van der Waals surface area contributed by atoms with Crippen LogP contribution >= 0.6 is 11.6 Å². The molecule has 0 aliphatic rings. The molecule has 2 heterocycles. The molecule has 0 aliphatic heterocycles. The number of hydrogen-bond acceptors (Lipinski definition) is 5. The van der Waals surface area contributed by atoms with E-state index in [9.17, 15) is 23.4 Å². The first kappa shape index (κ1) is 19.2. The molecule has 0 fully saturated rings. The van der Waals surface area contributed by atoms with Crippen LogP contribution in [-0.4, -0.2) is 31.3 Å². The number of aromatic nitrogens is 3. The largest absolute Gasteiger partial charge is 0.506 e. The van der Waals surface area contributed by atoms with Crippen LogP contribution < -0.4 is 0 Å². The van der Waals surface area contributed by atoms with Gasteiger partial charge in [0.2, 0.25) is 0 Å². The van der Waals surface area contributed by atoms with E-state index in [1.807, 2.05) is 0 Å². The minimum absolute atomic E-state index is 0.0151. The highest BCUT2D eigenvalue weighted by atomic mass is 35.5. The minimum atomic E-state index is -4.72. The summed E-state index contributed by atoms with van der Waals surface area (Å²) in [5.74, 6) is -0.299. The van der Waals surface area contributed by atoms with Gasteiger partial charge in [0.15, 0.2) is 11.5 Å². The summed E-state index contributed by atoms with van der Waals surface area (Å²) in [5.41, 5.74) is -0.493. The molecule has 2 aromatic heterocycles. The van der Waals surface area contributed by atoms with E-state index >= 15 is 0 Å². The van der Waals surface area contributed by atoms with E-state index in [0.717, 1.165) is 6.20 Å². The summed E-state index contributed by atoms with van der Waals surface area (Å²) < 4.78 is 46.7. The second-order valence-electron chi connectivity index (χ2n) is 6.06. The molecule has 3 rings (SSSR count). The smallest absolute Gasteiger partial charge is 0.433 e. The van der Waals surface area contributed by atoms with Crippen molar-refractivity contribution < 1.29 is 27.9 Å². The average molecular weight is 402 g/mol. The van der Waals surface area contributed by atoms with Crippen LogP contribution in [0.15, 0.2) is 28.9 Å². The molecular formula is C17H15ClF3N3O3. The molecule has 144 valence electrons. The van der Waals surface area contributed by atoms with Crippen LogP contribution in [0.4, 0.5) is 13.2 Å². The van der Waals surface area contributed by atoms with E-state index in [1.165, 1.54) is 26.0 Å². The molecule has 0 radical (unpaired) electrons. The second-order valence-corrected chi connectivity index (χ2v) is 6.44. The molecule has 0 spiro atoms. The highest BCUT2D eigenvalue weighted by Gasteiger charge is 2.40. The number of alkyl halides is 3. The van der Waals surface area contributed by atoms with E-state index in [-0.39, 0.29) is 34.3 Å². The van der Waals surface area contributed by atoms with Crippen molar-refractivity contribution in [2.75, 3.05) is 0 Å². The Morgan fingerprint density at radius 3 is 2.63 bits per heavy atom. The molecule has 0 amide bonds. The normalized spacial score (nSPS) is 13.1. The summed E-state index contributed by atoms with van der Waals surface area (Å²) in [6.07, 6.45) is -4.72. The minimum Gasteiger partial charge on any atom is -0.506 e. The number of rotatable bonds is 4. The first-order valence-electron chi connectivity index (χ1n) is 7.86. The highest BCUT2D eigenvalue weighted by molar-refractivity contribution is 6.34. The maximum Gasteiger partial charge on any atom is 0.433 e. The first-order valence-corrected chi connectivity index (χ1v) is 8.24. The van der Waals surface area contributed by atoms with E-state index in [0.29, 0.717) is 15.8 Å². The molecule has 0 aliphatic carbocycles. The number of benzene rings is 1. The Morgan fingerprint density at radius 2 is 2.00 bits per heavy atom. The maximum atomic E-state index is 13.6. The fourth-order valence-corrected chi connectivity index (χ4v) is 3.00. The van der Waals surface area contributed by atoms with Crippen molar-refractivity contribution in [1.82, 2.24) is 14.9 Å². The Hall–Kier alpha value is -2.52. The van der Waals surface area contributed by atoms with Crippen LogP contribution in [0.3, 0.4) is 0 Å². The van der Waals surface area contributed by atoms with Crippen molar-refractivity contribution >= 4 is 11.6 Å². The van der Waals surface area contributed by atoms with Gasteiger partial charge in [0.1, 0.15) is 11.4 Å². The Balaban J connectivity index is 2.15. The van der Waals surface area contributed by atoms with Crippen molar-refractivity contribution in [3.63, 3.8) is 0 Å². The van der Waals surface area contributed by atoms with Gasteiger partial charge in [-0.05, 0) is 19.9 Å². The molecule has 0 saturated heterocycles. The molecule has 2 N–H and O–H groups in total. The van der Waals surface area contributed by atoms with Crippen LogP contribution in [0, 0.1) is 6.92 Å². The zero-order valence-electron chi connectivity index (χ0n) is 14.3. The monoisotopic (exact) mass is 401 g/mol. The predicted octanol–water partition coefficient (Wildman–Crippen LogP) is 4.27. The molecule has 10 heteroatoms. The zero-order valence-corrected chi connectivity index (χ0v) is 15.0. The number of phenolic OH excluding ortho intramolecular Hbond substituents is 1. The third-order valence-electron chi connectivity index (χ3n) is 3.95. The quantitative estimate of drug-likeness (QED) is 0.682. The topological polar surface area (TPSA) is 84.3 Å². The number of aliphatic hydroxyl groups excluding tert-OH is 1. The summed E-state index contributed by atoms with van der Waals surface area (Å²) in [6.45, 7) is 2.57. The molecular weight excluding hydrogens is 387 g/mol. The number of nitrogens with zero attached hydrogens (tertiary/aromatic N) is 3. The first-order chi connectivity index (χ1) is 12.6. The highest BCUT2D eigenvalue weighted by Crippen LogP contribution is 2.42. The average Bonchev–Trinajstić information content (AvgIpc) is 3.13. The number of phenols is 1. The van der Waals surface area contributed by atoms with Crippen molar-refractivity contribution in [3.8, 4) is 28.3 Å². The van der Waals surface area contributed by atoms with Gasteiger partial charge in [0.25, 0.3) is 0 Å². The lowest BCUT2D eigenvalue weighted by molar-refractivity contribution is -0.144. The summed E-state index contributed by atoms with van der Waals surface area (Å²) in [6, 6.07) is 4.48. The summed E-state index contributed by atoms with van der Waals surface area (Å²) >= 11 is 6.06. The third-order valence-corrected chi connectivity index (χ3v) is 4.34. The van der Waals surface area contributed by atoms with Crippen LogP contribution in [0.25, 0.3) is 22.6 Å². The van der Waals surface area contributed by atoms with Crippen molar-refractivity contribution in [2.24, 2.45) is 0 Å². The lowest BCUT2D eigenvalue weighted by Gasteiger charge is -2.13. The Bertz CT molecular complexity index is 980. The summed E-state index contributed by atoms with van der Waals surface area (Å²) in [5, 5.41) is 26.8. The molecule has 27 heavy (non-hydrogen) atoms. The van der Waals surface area contributed by atoms with Crippen LogP contribution in [0.1, 0.15) is 18.2 Å². The lowest BCUT2D eigenvalue weighted by atomic mass is 10.0. The number of aromatic hydroxyl groups is 1. The summed E-state index contributed by atoms with van der Waals surface area (Å²) in [4.78, 5) is 0. The van der Waals surface area contributed by atoms with E-state index in [1.54, 1.807) is 6.07 Å². The molecule has 1 unspecified atom stereocenters. The SMILES string of the molecule is Cc1c(-c2cccc(O)c2Cl)noc1-c1cnn(CC(C)O)c1C(F)(F)F. The van der Waals surface area contributed by atoms with Gasteiger partial charge >= 0.3 is 6.18 Å². The Labute approximate surface area is 156 Å². The van der Waals surface area contributed by atoms with Crippen LogP contribution in [-0.2, 0) is 12.7 Å². The van der Waals surface area contributed by atoms with Crippen LogP contribution in [0.5, 0.6) is 5.75 Å². The summed E-state index contributed by atoms with van der Waals surface area (Å²) in [7, 11) is 0. The molecule has 0 saturated carbocycles. The second kappa shape index (κ2) is 6.90. The fourth-order valence-electron chi connectivity index (χ4n) is 2.78. The van der Waals surface area contributed by atoms with Gasteiger partial charge in [-0.15, -0.1) is 0 Å². The van der Waals surface area contributed by atoms with Crippen molar-refractivity contribution in [1.29, 1.82) is 0 Å². The fraction of sp³-hybridized carbons (Fsp3) is 0.294. The van der Waals surface area contributed by atoms with Gasteiger partial charge in [-0.3, -0.25) is 4.68 Å². The van der Waals surface area contributed by atoms with E-state index < -0.39 is 18.0 Å². The van der Waals surface area contributed by atoms with Gasteiger partial charge in [-0.2, -0.15) is 18.3 Å². The zero-order chi connectivity index (χ0) is 19.9. The lowest BCUT2D eigenvalue weighted by Crippen LogP contribution is -2.20. The van der Waals surface area contributed by atoms with E-state index in [2.05, 4.69) is 10.3 Å². The van der Waals surface area contributed by atoms with Crippen LogP contribution in [0.2, 0.25) is 5.02 Å². The maximum absolute atomic E-state index is 13.6. The number of halogens is 4. The Morgan fingerprint density at radius 1 is 1.30 bits per heavy atom. The molecule has 0 bridgehead atoms. The van der Waals surface area contributed by atoms with Gasteiger partial charge in [-0.25, -0.2) is 0 Å². The van der Waals surface area contributed by atoms with Gasteiger partial charge in [0.05, 0.1) is 29.4 Å². The predicted molar refractivity (Wildman–Crippen MR) is 91.3 cm³/mol. The standard InChI is InChI=1S/C17H15ClF3N3O3/c1-8(25)7-24-16(17(19,20)21)11(6-22-24)15-9(2)14(23-27-15)10-4-3-5-12(26)13(10)18/h3-6,8,25-26H,7H2,1-2H3. The van der Waals surface area contributed by atoms with Crippen molar-refractivity contribution in [2.45, 2.75) is 32.7 Å². The molecule has 3 aromatic rings. The van der Waals surface area contributed by atoms with Crippen molar-refractivity contribution in [3.05, 3.63) is 40.7 Å². The third kappa shape index (κ3) is 3.52. The molecule has 6 nitrogen and oxygen atoms in total. The number of aliphatic hydroxyl groups is 1. The molecule has 1 atom stereocenters. The Kier molecular flexibility index (Phi) is 4.92. The molecule has 1 aromatic carbocycles.